The number of halogens is 2. The number of nitrogens with zero attached hydrogens (tertiary/aromatic N) is 2. The van der Waals surface area contributed by atoms with Crippen molar-refractivity contribution in [2.45, 2.75) is 51.9 Å². The standard InChI is InChI=1S/C30H36FN3O4.ClH/c1-21(2)38-29(35)20-37-28(24-11-10-22-8-4-5-9-23(22)18-24)14-17-33(3)15-6-7-16-34-27-19-25(31)12-13-26(27)32-30(34)36;/h4-5,8-13,18-19,21,28H,6-7,14-17,20H2,1-3H3,(H,32,36);1H. The first kappa shape index (κ1) is 30.3. The number of H-pyrrole nitrogens is 1. The summed E-state index contributed by atoms with van der Waals surface area (Å²) >= 11 is 0. The molecule has 0 saturated carbocycles. The van der Waals surface area contributed by atoms with Gasteiger partial charge in [-0.1, -0.05) is 36.4 Å². The number of aromatic amines is 1. The maximum atomic E-state index is 13.7. The summed E-state index contributed by atoms with van der Waals surface area (Å²) in [6, 6.07) is 18.8. The second kappa shape index (κ2) is 14.3. The summed E-state index contributed by atoms with van der Waals surface area (Å²) in [7, 11) is 2.05. The van der Waals surface area contributed by atoms with Crippen LogP contribution in [0, 0.1) is 5.82 Å². The third-order valence-electron chi connectivity index (χ3n) is 6.60. The number of ether oxygens (including phenoxy) is 2. The smallest absolute Gasteiger partial charge is 0.332 e. The van der Waals surface area contributed by atoms with Gasteiger partial charge in [-0.3, -0.25) is 4.57 Å². The summed E-state index contributed by atoms with van der Waals surface area (Å²) in [4.78, 5) is 29.4. The maximum absolute atomic E-state index is 13.7. The number of aryl methyl sites for hydroxylation is 1. The molecule has 0 amide bonds. The molecule has 39 heavy (non-hydrogen) atoms. The highest BCUT2D eigenvalue weighted by Crippen LogP contribution is 2.26. The average molecular weight is 558 g/mol. The molecule has 0 saturated heterocycles. The number of hydrogen-bond acceptors (Lipinski definition) is 5. The monoisotopic (exact) mass is 557 g/mol. The second-order valence-corrected chi connectivity index (χ2v) is 9.99. The molecule has 1 atom stereocenters. The molecule has 9 heteroatoms. The zero-order chi connectivity index (χ0) is 27.1. The van der Waals surface area contributed by atoms with Gasteiger partial charge in [0.2, 0.25) is 0 Å². The number of carbonyl (C=O) groups is 1. The Morgan fingerprint density at radius 3 is 2.56 bits per heavy atom. The van der Waals surface area contributed by atoms with Crippen LogP contribution < -0.4 is 5.69 Å². The van der Waals surface area contributed by atoms with E-state index in [-0.39, 0.29) is 48.7 Å². The molecule has 1 heterocycles. The molecule has 0 aliphatic heterocycles. The van der Waals surface area contributed by atoms with Gasteiger partial charge in [-0.2, -0.15) is 0 Å². The molecule has 0 spiro atoms. The molecule has 1 unspecified atom stereocenters. The number of nitrogens with one attached hydrogen (secondary N) is 1. The molecule has 0 aliphatic carbocycles. The first-order valence-electron chi connectivity index (χ1n) is 13.2. The molecule has 3 aromatic carbocycles. The minimum Gasteiger partial charge on any atom is -0.461 e. The van der Waals surface area contributed by atoms with Crippen molar-refractivity contribution in [2.24, 2.45) is 0 Å². The van der Waals surface area contributed by atoms with E-state index < -0.39 is 0 Å². The van der Waals surface area contributed by atoms with Crippen LogP contribution in [0.2, 0.25) is 0 Å². The predicted molar refractivity (Wildman–Crippen MR) is 155 cm³/mol. The molecule has 4 rings (SSSR count). The topological polar surface area (TPSA) is 76.6 Å². The van der Waals surface area contributed by atoms with Gasteiger partial charge in [0.05, 0.1) is 23.2 Å². The van der Waals surface area contributed by atoms with Crippen LogP contribution in [0.4, 0.5) is 4.39 Å². The van der Waals surface area contributed by atoms with E-state index in [0.29, 0.717) is 24.0 Å². The van der Waals surface area contributed by atoms with Gasteiger partial charge >= 0.3 is 11.7 Å². The highest BCUT2D eigenvalue weighted by molar-refractivity contribution is 5.85. The van der Waals surface area contributed by atoms with E-state index in [4.69, 9.17) is 9.47 Å². The van der Waals surface area contributed by atoms with E-state index in [1.54, 1.807) is 10.6 Å². The van der Waals surface area contributed by atoms with Crippen LogP contribution >= 0.6 is 12.4 Å². The van der Waals surface area contributed by atoms with Crippen molar-refractivity contribution in [3.05, 3.63) is 82.5 Å². The van der Waals surface area contributed by atoms with Gasteiger partial charge in [-0.05, 0) is 87.3 Å². The van der Waals surface area contributed by atoms with Crippen LogP contribution in [0.5, 0.6) is 0 Å². The first-order valence-corrected chi connectivity index (χ1v) is 13.2. The Morgan fingerprint density at radius 2 is 1.79 bits per heavy atom. The number of esters is 1. The molecule has 0 bridgehead atoms. The van der Waals surface area contributed by atoms with Crippen molar-refractivity contribution in [3.8, 4) is 0 Å². The number of imidazole rings is 1. The fraction of sp³-hybridized carbons (Fsp3) is 0.400. The van der Waals surface area contributed by atoms with Crippen LogP contribution in [0.25, 0.3) is 21.8 Å². The number of carbonyl (C=O) groups excluding carboxylic acids is 1. The summed E-state index contributed by atoms with van der Waals surface area (Å²) in [5.74, 6) is -0.725. The normalized spacial score (nSPS) is 12.3. The van der Waals surface area contributed by atoms with Crippen molar-refractivity contribution in [1.29, 1.82) is 0 Å². The number of benzene rings is 3. The number of fused-ring (bicyclic) bond motifs is 2. The first-order chi connectivity index (χ1) is 18.3. The summed E-state index contributed by atoms with van der Waals surface area (Å²) in [5, 5.41) is 2.28. The van der Waals surface area contributed by atoms with E-state index in [1.165, 1.54) is 12.1 Å². The van der Waals surface area contributed by atoms with Crippen LogP contribution in [-0.2, 0) is 20.8 Å². The van der Waals surface area contributed by atoms with Gasteiger partial charge in [0.1, 0.15) is 12.4 Å². The SMILES string of the molecule is CC(C)OC(=O)COC(CCN(C)CCCCn1c(=O)[nH]c2ccc(F)cc21)c1ccc2ccccc2c1.Cl. The number of rotatable bonds is 13. The Bertz CT molecular complexity index is 1430. The fourth-order valence-electron chi connectivity index (χ4n) is 4.67. The molecule has 0 fully saturated rings. The van der Waals surface area contributed by atoms with Crippen LogP contribution in [0.15, 0.2) is 65.5 Å². The van der Waals surface area contributed by atoms with E-state index in [2.05, 4.69) is 47.3 Å². The van der Waals surface area contributed by atoms with Crippen molar-refractivity contribution in [2.75, 3.05) is 26.7 Å². The van der Waals surface area contributed by atoms with Crippen molar-refractivity contribution in [1.82, 2.24) is 14.5 Å². The van der Waals surface area contributed by atoms with Crippen LogP contribution in [-0.4, -0.2) is 53.3 Å². The number of hydrogen-bond donors (Lipinski definition) is 1. The van der Waals surface area contributed by atoms with Gasteiger partial charge in [-0.25, -0.2) is 14.0 Å². The van der Waals surface area contributed by atoms with E-state index in [9.17, 15) is 14.0 Å². The van der Waals surface area contributed by atoms with E-state index in [1.807, 2.05) is 26.0 Å². The summed E-state index contributed by atoms with van der Waals surface area (Å²) in [6.07, 6.45) is 1.95. The Labute approximate surface area is 234 Å². The van der Waals surface area contributed by atoms with Gasteiger partial charge in [0.15, 0.2) is 0 Å². The summed E-state index contributed by atoms with van der Waals surface area (Å²) < 4.78 is 26.6. The third kappa shape index (κ3) is 8.39. The van der Waals surface area contributed by atoms with Crippen molar-refractivity contribution in [3.63, 3.8) is 0 Å². The maximum Gasteiger partial charge on any atom is 0.332 e. The molecule has 7 nitrogen and oxygen atoms in total. The number of unbranched alkanes of at least 4 members (excludes halogenated alkanes) is 1. The van der Waals surface area contributed by atoms with E-state index in [0.717, 1.165) is 42.3 Å². The van der Waals surface area contributed by atoms with E-state index >= 15 is 0 Å². The van der Waals surface area contributed by atoms with Crippen LogP contribution in [0.3, 0.4) is 0 Å². The van der Waals surface area contributed by atoms with Crippen molar-refractivity contribution < 1.29 is 18.7 Å². The lowest BCUT2D eigenvalue weighted by Crippen LogP contribution is -2.25. The van der Waals surface area contributed by atoms with Gasteiger partial charge in [-0.15, -0.1) is 12.4 Å². The summed E-state index contributed by atoms with van der Waals surface area (Å²) in [5.41, 5.74) is 2.05. The molecular formula is C30H37ClFN3O4. The second-order valence-electron chi connectivity index (χ2n) is 9.99. The largest absolute Gasteiger partial charge is 0.461 e. The Kier molecular flexibility index (Phi) is 11.1. The molecule has 0 radical (unpaired) electrons. The molecule has 4 aromatic rings. The lowest BCUT2D eigenvalue weighted by molar-refractivity contribution is -0.155. The summed E-state index contributed by atoms with van der Waals surface area (Å²) in [6.45, 7) is 5.68. The Balaban J connectivity index is 0.00000420. The highest BCUT2D eigenvalue weighted by Gasteiger charge is 2.17. The lowest BCUT2D eigenvalue weighted by atomic mass is 10.0. The van der Waals surface area contributed by atoms with Crippen LogP contribution in [0.1, 0.15) is 44.8 Å². The molecule has 0 aliphatic rings. The van der Waals surface area contributed by atoms with Gasteiger partial charge < -0.3 is 19.4 Å². The van der Waals surface area contributed by atoms with Gasteiger partial charge in [0, 0.05) is 13.1 Å². The number of aromatic nitrogens is 2. The highest BCUT2D eigenvalue weighted by atomic mass is 35.5. The predicted octanol–water partition coefficient (Wildman–Crippen LogP) is 5.86. The zero-order valence-electron chi connectivity index (χ0n) is 22.7. The molecule has 210 valence electrons. The zero-order valence-corrected chi connectivity index (χ0v) is 23.5. The Morgan fingerprint density at radius 1 is 1.03 bits per heavy atom. The quantitative estimate of drug-likeness (QED) is 0.165. The molecule has 1 N–H and O–H groups in total. The lowest BCUT2D eigenvalue weighted by Gasteiger charge is -2.23. The third-order valence-corrected chi connectivity index (χ3v) is 6.60. The van der Waals surface area contributed by atoms with Crippen molar-refractivity contribution >= 4 is 40.2 Å². The minimum atomic E-state index is -0.369. The minimum absolute atomic E-state index is 0. The van der Waals surface area contributed by atoms with Gasteiger partial charge in [0.25, 0.3) is 0 Å². The molecular weight excluding hydrogens is 521 g/mol. The molecule has 1 aromatic heterocycles. The fourth-order valence-corrected chi connectivity index (χ4v) is 4.67. The Hall–Kier alpha value is -3.20. The average Bonchev–Trinajstić information content (AvgIpc) is 3.20.